The highest BCUT2D eigenvalue weighted by molar-refractivity contribution is 5.96. The number of nitrogen functional groups attached to an aromatic ring is 1. The third-order valence-corrected chi connectivity index (χ3v) is 3.82. The molecule has 1 unspecified atom stereocenters. The van der Waals surface area contributed by atoms with Gasteiger partial charge in [-0.25, -0.2) is 0 Å². The minimum atomic E-state index is -0.126. The quantitative estimate of drug-likeness (QED) is 0.688. The molecule has 5 heteroatoms. The Balaban J connectivity index is 2.84. The predicted octanol–water partition coefficient (Wildman–Crippen LogP) is 3.12. The van der Waals surface area contributed by atoms with Gasteiger partial charge < -0.3 is 15.8 Å². The lowest BCUT2D eigenvalue weighted by Crippen LogP contribution is -2.44. The van der Waals surface area contributed by atoms with E-state index >= 15 is 0 Å². The van der Waals surface area contributed by atoms with Crippen LogP contribution in [0.5, 0.6) is 5.75 Å². The summed E-state index contributed by atoms with van der Waals surface area (Å²) in [5, 5.41) is 2.97. The standard InChI is InChI=1S/C17H29N3O2/c1-5-8-11-20(7-3)15(6-2)17(21)19-14-10-9-13(18)12-16(14)22-4/h9-10,12,15H,5-8,11,18H2,1-4H3,(H,19,21). The number of unbranched alkanes of at least 4 members (excludes halogenated alkanes) is 1. The molecule has 1 aromatic rings. The van der Waals surface area contributed by atoms with Crippen LogP contribution in [0.15, 0.2) is 18.2 Å². The summed E-state index contributed by atoms with van der Waals surface area (Å²) in [5.41, 5.74) is 7.01. The highest BCUT2D eigenvalue weighted by atomic mass is 16.5. The second kappa shape index (κ2) is 9.30. The molecule has 0 spiro atoms. The van der Waals surface area contributed by atoms with Gasteiger partial charge >= 0.3 is 0 Å². The molecule has 0 aliphatic heterocycles. The molecule has 1 aromatic carbocycles. The SMILES string of the molecule is CCCCN(CC)C(CC)C(=O)Nc1ccc(N)cc1OC. The van der Waals surface area contributed by atoms with Crippen molar-refractivity contribution in [1.29, 1.82) is 0 Å². The Morgan fingerprint density at radius 3 is 2.64 bits per heavy atom. The molecule has 124 valence electrons. The molecule has 5 nitrogen and oxygen atoms in total. The minimum absolute atomic E-state index is 0.00326. The van der Waals surface area contributed by atoms with E-state index in [0.717, 1.165) is 32.4 Å². The van der Waals surface area contributed by atoms with Crippen LogP contribution in [0.3, 0.4) is 0 Å². The molecule has 0 fully saturated rings. The Kier molecular flexibility index (Phi) is 7.74. The van der Waals surface area contributed by atoms with Crippen LogP contribution in [-0.4, -0.2) is 37.0 Å². The van der Waals surface area contributed by atoms with E-state index in [-0.39, 0.29) is 11.9 Å². The van der Waals surface area contributed by atoms with Gasteiger partial charge in [-0.2, -0.15) is 0 Å². The van der Waals surface area contributed by atoms with Crippen molar-refractivity contribution in [1.82, 2.24) is 4.90 Å². The number of benzene rings is 1. The van der Waals surface area contributed by atoms with E-state index in [1.807, 2.05) is 6.92 Å². The molecule has 0 saturated heterocycles. The number of nitrogens with one attached hydrogen (secondary N) is 1. The number of amides is 1. The molecule has 0 heterocycles. The summed E-state index contributed by atoms with van der Waals surface area (Å²) < 4.78 is 5.28. The number of ether oxygens (including phenoxy) is 1. The Morgan fingerprint density at radius 1 is 1.36 bits per heavy atom. The summed E-state index contributed by atoms with van der Waals surface area (Å²) in [6, 6.07) is 5.12. The number of anilines is 2. The summed E-state index contributed by atoms with van der Waals surface area (Å²) >= 11 is 0. The van der Waals surface area contributed by atoms with Gasteiger partial charge in [0.05, 0.1) is 18.8 Å². The zero-order valence-electron chi connectivity index (χ0n) is 14.2. The smallest absolute Gasteiger partial charge is 0.241 e. The van der Waals surface area contributed by atoms with Crippen molar-refractivity contribution in [3.05, 3.63) is 18.2 Å². The van der Waals surface area contributed by atoms with Crippen LogP contribution in [0, 0.1) is 0 Å². The molecule has 0 aromatic heterocycles. The number of hydrogen-bond donors (Lipinski definition) is 2. The van der Waals surface area contributed by atoms with Gasteiger partial charge in [0.15, 0.2) is 0 Å². The summed E-state index contributed by atoms with van der Waals surface area (Å²) in [5.74, 6) is 0.586. The number of rotatable bonds is 9. The molecule has 3 N–H and O–H groups in total. The van der Waals surface area contributed by atoms with E-state index in [0.29, 0.717) is 17.1 Å². The second-order valence-electron chi connectivity index (χ2n) is 5.36. The largest absolute Gasteiger partial charge is 0.494 e. The molecule has 1 amide bonds. The maximum atomic E-state index is 12.6. The van der Waals surface area contributed by atoms with Crippen LogP contribution in [0.4, 0.5) is 11.4 Å². The van der Waals surface area contributed by atoms with Crippen LogP contribution in [0.2, 0.25) is 0 Å². The first-order valence-electron chi connectivity index (χ1n) is 8.05. The average molecular weight is 307 g/mol. The molecule has 0 bridgehead atoms. The van der Waals surface area contributed by atoms with Gasteiger partial charge in [-0.1, -0.05) is 27.2 Å². The van der Waals surface area contributed by atoms with Crippen LogP contribution in [0.25, 0.3) is 0 Å². The Morgan fingerprint density at radius 2 is 2.09 bits per heavy atom. The first-order chi connectivity index (χ1) is 10.6. The van der Waals surface area contributed by atoms with Gasteiger partial charge in [-0.3, -0.25) is 9.69 Å². The zero-order valence-corrected chi connectivity index (χ0v) is 14.2. The number of carbonyl (C=O) groups excluding carboxylic acids is 1. The van der Waals surface area contributed by atoms with E-state index in [2.05, 4.69) is 24.1 Å². The highest BCUT2D eigenvalue weighted by Gasteiger charge is 2.23. The number of methoxy groups -OCH3 is 1. The molecule has 22 heavy (non-hydrogen) atoms. The van der Waals surface area contributed by atoms with E-state index < -0.39 is 0 Å². The molecule has 1 atom stereocenters. The van der Waals surface area contributed by atoms with Gasteiger partial charge in [-0.15, -0.1) is 0 Å². The second-order valence-corrected chi connectivity index (χ2v) is 5.36. The van der Waals surface area contributed by atoms with Crippen LogP contribution in [0.1, 0.15) is 40.0 Å². The normalized spacial score (nSPS) is 12.2. The number of likely N-dealkylation sites (N-methyl/N-ethyl adjacent to an activating group) is 1. The monoisotopic (exact) mass is 307 g/mol. The maximum Gasteiger partial charge on any atom is 0.241 e. The number of nitrogens with zero attached hydrogens (tertiary/aromatic N) is 1. The Labute approximate surface area is 133 Å². The predicted molar refractivity (Wildman–Crippen MR) is 92.3 cm³/mol. The van der Waals surface area contributed by atoms with E-state index in [4.69, 9.17) is 10.5 Å². The minimum Gasteiger partial charge on any atom is -0.494 e. The molecular weight excluding hydrogens is 278 g/mol. The molecule has 0 saturated carbocycles. The summed E-state index contributed by atoms with van der Waals surface area (Å²) in [4.78, 5) is 14.8. The van der Waals surface area contributed by atoms with Crippen molar-refractivity contribution < 1.29 is 9.53 Å². The lowest BCUT2D eigenvalue weighted by Gasteiger charge is -2.29. The third-order valence-electron chi connectivity index (χ3n) is 3.82. The fourth-order valence-electron chi connectivity index (χ4n) is 2.53. The Hall–Kier alpha value is -1.75. The fourth-order valence-corrected chi connectivity index (χ4v) is 2.53. The zero-order chi connectivity index (χ0) is 16.5. The first kappa shape index (κ1) is 18.3. The van der Waals surface area contributed by atoms with Crippen molar-refractivity contribution in [2.24, 2.45) is 0 Å². The van der Waals surface area contributed by atoms with Crippen molar-refractivity contribution in [3.63, 3.8) is 0 Å². The van der Waals surface area contributed by atoms with E-state index in [9.17, 15) is 4.79 Å². The van der Waals surface area contributed by atoms with Crippen LogP contribution in [-0.2, 0) is 4.79 Å². The highest BCUT2D eigenvalue weighted by Crippen LogP contribution is 2.27. The maximum absolute atomic E-state index is 12.6. The molecule has 1 rings (SSSR count). The molecule has 0 aliphatic rings. The van der Waals surface area contributed by atoms with E-state index in [1.54, 1.807) is 25.3 Å². The van der Waals surface area contributed by atoms with Gasteiger partial charge in [0.1, 0.15) is 5.75 Å². The number of nitrogens with two attached hydrogens (primary N) is 1. The third kappa shape index (κ3) is 4.91. The average Bonchev–Trinajstić information content (AvgIpc) is 2.52. The van der Waals surface area contributed by atoms with Crippen LogP contribution < -0.4 is 15.8 Å². The first-order valence-corrected chi connectivity index (χ1v) is 8.05. The van der Waals surface area contributed by atoms with Gasteiger partial charge in [0.25, 0.3) is 0 Å². The van der Waals surface area contributed by atoms with Crippen molar-refractivity contribution in [3.8, 4) is 5.75 Å². The van der Waals surface area contributed by atoms with Gasteiger partial charge in [-0.05, 0) is 38.1 Å². The molecule has 0 radical (unpaired) electrons. The summed E-state index contributed by atoms with van der Waals surface area (Å²) in [6.45, 7) is 8.10. The van der Waals surface area contributed by atoms with Crippen molar-refractivity contribution >= 4 is 17.3 Å². The van der Waals surface area contributed by atoms with Crippen molar-refractivity contribution in [2.75, 3.05) is 31.2 Å². The number of carbonyl (C=O) groups is 1. The van der Waals surface area contributed by atoms with Crippen molar-refractivity contribution in [2.45, 2.75) is 46.1 Å². The molecular formula is C17H29N3O2. The van der Waals surface area contributed by atoms with E-state index in [1.165, 1.54) is 0 Å². The lowest BCUT2D eigenvalue weighted by atomic mass is 10.1. The molecule has 0 aliphatic carbocycles. The Bertz CT molecular complexity index is 477. The topological polar surface area (TPSA) is 67.6 Å². The van der Waals surface area contributed by atoms with Gasteiger partial charge in [0, 0.05) is 11.8 Å². The lowest BCUT2D eigenvalue weighted by molar-refractivity contribution is -0.121. The number of hydrogen-bond acceptors (Lipinski definition) is 4. The summed E-state index contributed by atoms with van der Waals surface area (Å²) in [7, 11) is 1.57. The summed E-state index contributed by atoms with van der Waals surface area (Å²) in [6.07, 6.45) is 3.00. The fraction of sp³-hybridized carbons (Fsp3) is 0.588. The van der Waals surface area contributed by atoms with Crippen LogP contribution >= 0.6 is 0 Å². The van der Waals surface area contributed by atoms with Gasteiger partial charge in [0.2, 0.25) is 5.91 Å².